The first-order valence-corrected chi connectivity index (χ1v) is 5.81. The molecule has 0 fully saturated rings. The first-order chi connectivity index (χ1) is 7.67. The van der Waals surface area contributed by atoms with Gasteiger partial charge in [-0.05, 0) is 40.5 Å². The summed E-state index contributed by atoms with van der Waals surface area (Å²) in [5.41, 5.74) is 1.55. The molecule has 3 nitrogen and oxygen atoms in total. The van der Waals surface area contributed by atoms with Gasteiger partial charge in [-0.1, -0.05) is 6.92 Å². The van der Waals surface area contributed by atoms with Crippen LogP contribution in [-0.4, -0.2) is 17.2 Å². The minimum Gasteiger partial charge on any atom is -0.505 e. The quantitative estimate of drug-likeness (QED) is 0.919. The summed E-state index contributed by atoms with van der Waals surface area (Å²) in [6, 6.07) is 5.60. The highest BCUT2D eigenvalue weighted by Crippen LogP contribution is 2.35. The molecule has 1 aromatic heterocycles. The Hall–Kier alpha value is -1.29. The van der Waals surface area contributed by atoms with E-state index in [-0.39, 0.29) is 5.75 Å². The van der Waals surface area contributed by atoms with Crippen LogP contribution in [0.2, 0.25) is 0 Å². The molecule has 0 atom stereocenters. The van der Waals surface area contributed by atoms with Gasteiger partial charge in [-0.3, -0.25) is 0 Å². The van der Waals surface area contributed by atoms with E-state index >= 15 is 0 Å². The highest BCUT2D eigenvalue weighted by molar-refractivity contribution is 9.10. The van der Waals surface area contributed by atoms with Gasteiger partial charge in [0.05, 0.1) is 22.8 Å². The fourth-order valence-corrected chi connectivity index (χ4v) is 2.16. The fraction of sp³-hybridized carbons (Fsp3) is 0.250. The van der Waals surface area contributed by atoms with Gasteiger partial charge >= 0.3 is 0 Å². The third-order valence-electron chi connectivity index (χ3n) is 2.51. The van der Waals surface area contributed by atoms with Gasteiger partial charge in [-0.2, -0.15) is 0 Å². The number of ether oxygens (including phenoxy) is 1. The van der Waals surface area contributed by atoms with E-state index < -0.39 is 0 Å². The van der Waals surface area contributed by atoms with Gasteiger partial charge in [-0.25, -0.2) is 4.98 Å². The third kappa shape index (κ3) is 1.73. The van der Waals surface area contributed by atoms with Crippen molar-refractivity contribution in [3.8, 4) is 11.5 Å². The van der Waals surface area contributed by atoms with E-state index in [1.54, 1.807) is 7.11 Å². The summed E-state index contributed by atoms with van der Waals surface area (Å²) in [7, 11) is 1.61. The van der Waals surface area contributed by atoms with Gasteiger partial charge in [-0.15, -0.1) is 0 Å². The number of benzene rings is 1. The smallest absolute Gasteiger partial charge is 0.151 e. The van der Waals surface area contributed by atoms with E-state index in [4.69, 9.17) is 4.74 Å². The van der Waals surface area contributed by atoms with Crippen LogP contribution < -0.4 is 4.74 Å². The fourth-order valence-electron chi connectivity index (χ4n) is 1.61. The summed E-state index contributed by atoms with van der Waals surface area (Å²) in [4.78, 5) is 4.39. The lowest BCUT2D eigenvalue weighted by Gasteiger charge is -2.08. The zero-order valence-electron chi connectivity index (χ0n) is 9.12. The Morgan fingerprint density at radius 1 is 1.44 bits per heavy atom. The van der Waals surface area contributed by atoms with Crippen molar-refractivity contribution in [2.24, 2.45) is 0 Å². The number of methoxy groups -OCH3 is 1. The number of hydrogen-bond acceptors (Lipinski definition) is 3. The molecule has 0 bridgehead atoms. The lowest BCUT2D eigenvalue weighted by Crippen LogP contribution is -1.92. The summed E-state index contributed by atoms with van der Waals surface area (Å²) in [6.07, 6.45) is 0.701. The number of hydrogen-bond donors (Lipinski definition) is 1. The Kier molecular flexibility index (Phi) is 3.01. The van der Waals surface area contributed by atoms with E-state index in [9.17, 15) is 5.11 Å². The van der Waals surface area contributed by atoms with Gasteiger partial charge in [0, 0.05) is 5.39 Å². The monoisotopic (exact) mass is 281 g/mol. The normalized spacial score (nSPS) is 10.7. The number of rotatable bonds is 2. The minimum atomic E-state index is 0.211. The van der Waals surface area contributed by atoms with Crippen molar-refractivity contribution in [2.45, 2.75) is 13.3 Å². The van der Waals surface area contributed by atoms with Gasteiger partial charge < -0.3 is 9.84 Å². The second-order valence-electron chi connectivity index (χ2n) is 3.46. The van der Waals surface area contributed by atoms with Crippen molar-refractivity contribution in [3.05, 3.63) is 28.4 Å². The van der Waals surface area contributed by atoms with Crippen molar-refractivity contribution >= 4 is 26.8 Å². The molecule has 0 saturated heterocycles. The molecule has 0 saturated carbocycles. The van der Waals surface area contributed by atoms with Crippen LogP contribution in [0.5, 0.6) is 11.5 Å². The molecule has 0 aliphatic rings. The van der Waals surface area contributed by atoms with E-state index in [1.807, 2.05) is 25.1 Å². The number of halogens is 1. The average molecular weight is 282 g/mol. The zero-order valence-corrected chi connectivity index (χ0v) is 10.7. The molecule has 0 amide bonds. The predicted octanol–water partition coefficient (Wildman–Crippen LogP) is 3.27. The summed E-state index contributed by atoms with van der Waals surface area (Å²) >= 11 is 3.39. The van der Waals surface area contributed by atoms with Crippen molar-refractivity contribution in [1.29, 1.82) is 0 Å². The van der Waals surface area contributed by atoms with Crippen LogP contribution in [0.4, 0.5) is 0 Å². The Labute approximate surface area is 102 Å². The third-order valence-corrected chi connectivity index (χ3v) is 3.31. The summed E-state index contributed by atoms with van der Waals surface area (Å²) in [5, 5.41) is 10.8. The number of pyridine rings is 1. The molecule has 0 unspecified atom stereocenters. The summed E-state index contributed by atoms with van der Waals surface area (Å²) in [5.74, 6) is 0.960. The van der Waals surface area contributed by atoms with E-state index in [0.29, 0.717) is 16.6 Å². The molecule has 0 spiro atoms. The van der Waals surface area contributed by atoms with Gasteiger partial charge in [0.1, 0.15) is 5.75 Å². The minimum absolute atomic E-state index is 0.211. The maximum Gasteiger partial charge on any atom is 0.151 e. The van der Waals surface area contributed by atoms with E-state index in [1.165, 1.54) is 0 Å². The van der Waals surface area contributed by atoms with Crippen molar-refractivity contribution in [3.63, 3.8) is 0 Å². The highest BCUT2D eigenvalue weighted by atomic mass is 79.9. The van der Waals surface area contributed by atoms with Crippen LogP contribution in [0, 0.1) is 0 Å². The van der Waals surface area contributed by atoms with Crippen LogP contribution in [0.25, 0.3) is 10.9 Å². The van der Waals surface area contributed by atoms with Crippen LogP contribution in [0.3, 0.4) is 0 Å². The number of nitrogens with zero attached hydrogens (tertiary/aromatic N) is 1. The average Bonchev–Trinajstić information content (AvgIpc) is 2.33. The molecule has 84 valence electrons. The van der Waals surface area contributed by atoms with Crippen LogP contribution >= 0.6 is 15.9 Å². The van der Waals surface area contributed by atoms with Gasteiger partial charge in [0.15, 0.2) is 5.75 Å². The SMILES string of the molecule is CCc1nc2ccc(OC)cc2c(Br)c1O. The lowest BCUT2D eigenvalue weighted by molar-refractivity contribution is 0.415. The molecule has 0 radical (unpaired) electrons. The number of aryl methyl sites for hydroxylation is 1. The molecule has 0 aliphatic heterocycles. The maximum absolute atomic E-state index is 9.91. The van der Waals surface area contributed by atoms with Crippen molar-refractivity contribution < 1.29 is 9.84 Å². The summed E-state index contributed by atoms with van der Waals surface area (Å²) in [6.45, 7) is 1.96. The maximum atomic E-state index is 9.91. The topological polar surface area (TPSA) is 42.4 Å². The van der Waals surface area contributed by atoms with Crippen molar-refractivity contribution in [2.75, 3.05) is 7.11 Å². The Balaban J connectivity index is 2.77. The predicted molar refractivity (Wildman–Crippen MR) is 67.0 cm³/mol. The highest BCUT2D eigenvalue weighted by Gasteiger charge is 2.11. The van der Waals surface area contributed by atoms with Crippen molar-refractivity contribution in [1.82, 2.24) is 4.98 Å². The van der Waals surface area contributed by atoms with Crippen LogP contribution in [0.1, 0.15) is 12.6 Å². The first-order valence-electron chi connectivity index (χ1n) is 5.02. The number of aromatic nitrogens is 1. The van der Waals surface area contributed by atoms with E-state index in [2.05, 4.69) is 20.9 Å². The molecule has 1 heterocycles. The molecule has 16 heavy (non-hydrogen) atoms. The Bertz CT molecular complexity index is 540. The number of aromatic hydroxyl groups is 1. The molecular formula is C12H12BrNO2. The second kappa shape index (κ2) is 4.29. The molecule has 2 rings (SSSR count). The van der Waals surface area contributed by atoms with Crippen LogP contribution in [0.15, 0.2) is 22.7 Å². The largest absolute Gasteiger partial charge is 0.505 e. The molecule has 4 heteroatoms. The van der Waals surface area contributed by atoms with Gasteiger partial charge in [0.25, 0.3) is 0 Å². The molecule has 1 aromatic carbocycles. The number of fused-ring (bicyclic) bond motifs is 1. The first kappa shape index (κ1) is 11.2. The second-order valence-corrected chi connectivity index (χ2v) is 4.25. The standard InChI is InChI=1S/C12H12BrNO2/c1-3-9-12(15)11(13)8-6-7(16-2)4-5-10(8)14-9/h4-6,15H,3H2,1-2H3. The lowest BCUT2D eigenvalue weighted by atomic mass is 10.1. The molecule has 0 aliphatic carbocycles. The molecular weight excluding hydrogens is 270 g/mol. The van der Waals surface area contributed by atoms with E-state index in [0.717, 1.165) is 16.7 Å². The molecule has 2 aromatic rings. The zero-order chi connectivity index (χ0) is 11.7. The van der Waals surface area contributed by atoms with Crippen LogP contribution in [-0.2, 0) is 6.42 Å². The summed E-state index contributed by atoms with van der Waals surface area (Å²) < 4.78 is 5.82. The Morgan fingerprint density at radius 2 is 2.19 bits per heavy atom. The Morgan fingerprint density at radius 3 is 2.81 bits per heavy atom. The van der Waals surface area contributed by atoms with Gasteiger partial charge in [0.2, 0.25) is 0 Å². The molecule has 1 N–H and O–H groups in total.